The van der Waals surface area contributed by atoms with Gasteiger partial charge in [0.1, 0.15) is 11.6 Å². The van der Waals surface area contributed by atoms with E-state index in [0.29, 0.717) is 0 Å². The fourth-order valence-corrected chi connectivity index (χ4v) is 4.90. The Balaban J connectivity index is 1.82. The summed E-state index contributed by atoms with van der Waals surface area (Å²) in [6.45, 7) is 4.74. The standard InChI is InChI=1S/C22H26N2O6S/c1-22(2,3)30-21(27)23-13-14-24(19(15-23)20(25)26)31(28,29)18-11-9-17(10-12-18)16-7-5-4-6-8-16/h4-12,19H,13-15H2,1-3H3,(H,25,26)/t19-/m1/s1. The van der Waals surface area contributed by atoms with Crippen molar-refractivity contribution < 1.29 is 27.9 Å². The van der Waals surface area contributed by atoms with Crippen LogP contribution in [0.1, 0.15) is 20.8 Å². The molecule has 1 atom stereocenters. The largest absolute Gasteiger partial charge is 0.480 e. The van der Waals surface area contributed by atoms with E-state index in [4.69, 9.17) is 4.74 Å². The lowest BCUT2D eigenvalue weighted by Gasteiger charge is -2.38. The number of aliphatic carboxylic acids is 1. The lowest BCUT2D eigenvalue weighted by atomic mass is 10.1. The Morgan fingerprint density at radius 3 is 2.10 bits per heavy atom. The Labute approximate surface area is 182 Å². The highest BCUT2D eigenvalue weighted by Crippen LogP contribution is 2.26. The van der Waals surface area contributed by atoms with E-state index in [-0.39, 0.29) is 24.5 Å². The van der Waals surface area contributed by atoms with Gasteiger partial charge in [-0.1, -0.05) is 42.5 Å². The SMILES string of the molecule is CC(C)(C)OC(=O)N1CCN(S(=O)(=O)c2ccc(-c3ccccc3)cc2)[C@@H](C(=O)O)C1. The van der Waals surface area contributed by atoms with Gasteiger partial charge in [0.2, 0.25) is 10.0 Å². The van der Waals surface area contributed by atoms with E-state index in [1.807, 2.05) is 30.3 Å². The second kappa shape index (κ2) is 8.68. The third-order valence-corrected chi connectivity index (χ3v) is 6.76. The number of hydrogen-bond acceptors (Lipinski definition) is 5. The Morgan fingerprint density at radius 1 is 0.968 bits per heavy atom. The summed E-state index contributed by atoms with van der Waals surface area (Å²) >= 11 is 0. The Bertz CT molecular complexity index is 1050. The van der Waals surface area contributed by atoms with Crippen molar-refractivity contribution in [2.75, 3.05) is 19.6 Å². The molecule has 1 aliphatic heterocycles. The average Bonchev–Trinajstić information content (AvgIpc) is 2.72. The highest BCUT2D eigenvalue weighted by Gasteiger charge is 2.42. The molecule has 0 spiro atoms. The summed E-state index contributed by atoms with van der Waals surface area (Å²) in [4.78, 5) is 25.4. The molecule has 9 heteroatoms. The van der Waals surface area contributed by atoms with Gasteiger partial charge in [-0.2, -0.15) is 4.31 Å². The zero-order valence-corrected chi connectivity index (χ0v) is 18.5. The number of rotatable bonds is 4. The van der Waals surface area contributed by atoms with Crippen LogP contribution in [0.25, 0.3) is 11.1 Å². The van der Waals surface area contributed by atoms with Crippen molar-refractivity contribution in [1.29, 1.82) is 0 Å². The van der Waals surface area contributed by atoms with Crippen molar-refractivity contribution >= 4 is 22.1 Å². The topological polar surface area (TPSA) is 104 Å². The molecule has 2 aromatic rings. The van der Waals surface area contributed by atoms with Crippen LogP contribution >= 0.6 is 0 Å². The van der Waals surface area contributed by atoms with Crippen molar-refractivity contribution in [3.05, 3.63) is 54.6 Å². The molecule has 1 saturated heterocycles. The molecule has 1 aliphatic rings. The van der Waals surface area contributed by atoms with E-state index in [0.717, 1.165) is 15.4 Å². The maximum Gasteiger partial charge on any atom is 0.410 e. The molecule has 1 N–H and O–H groups in total. The third kappa shape index (κ3) is 5.23. The second-order valence-corrected chi connectivity index (χ2v) is 10.2. The fraction of sp³-hybridized carbons (Fsp3) is 0.364. The maximum atomic E-state index is 13.2. The van der Waals surface area contributed by atoms with Crippen molar-refractivity contribution in [3.63, 3.8) is 0 Å². The second-order valence-electron chi connectivity index (χ2n) is 8.29. The molecule has 1 fully saturated rings. The van der Waals surface area contributed by atoms with Gasteiger partial charge in [-0.05, 0) is 44.0 Å². The number of carbonyl (C=O) groups excluding carboxylic acids is 1. The van der Waals surface area contributed by atoms with Gasteiger partial charge in [-0.3, -0.25) is 4.79 Å². The summed E-state index contributed by atoms with van der Waals surface area (Å²) in [6, 6.07) is 14.4. The van der Waals surface area contributed by atoms with Crippen molar-refractivity contribution in [2.24, 2.45) is 0 Å². The molecular formula is C22H26N2O6S. The molecule has 0 bridgehead atoms. The van der Waals surface area contributed by atoms with E-state index in [1.54, 1.807) is 32.9 Å². The van der Waals surface area contributed by atoms with Crippen molar-refractivity contribution in [3.8, 4) is 11.1 Å². The quantitative estimate of drug-likeness (QED) is 0.774. The number of benzene rings is 2. The monoisotopic (exact) mass is 446 g/mol. The minimum atomic E-state index is -4.07. The summed E-state index contributed by atoms with van der Waals surface area (Å²) in [5.41, 5.74) is 1.06. The van der Waals surface area contributed by atoms with Crippen LogP contribution in [-0.4, -0.2) is 66.1 Å². The number of carboxylic acids is 1. The van der Waals surface area contributed by atoms with Gasteiger partial charge in [0.25, 0.3) is 0 Å². The van der Waals surface area contributed by atoms with E-state index in [1.165, 1.54) is 17.0 Å². The minimum absolute atomic E-state index is 0.00384. The maximum absolute atomic E-state index is 13.2. The molecular weight excluding hydrogens is 420 g/mol. The Morgan fingerprint density at radius 2 is 1.55 bits per heavy atom. The van der Waals surface area contributed by atoms with Gasteiger partial charge in [0, 0.05) is 13.1 Å². The molecule has 3 rings (SSSR count). The molecule has 0 aliphatic carbocycles. The first-order chi connectivity index (χ1) is 14.5. The van der Waals surface area contributed by atoms with Crippen LogP contribution in [0.5, 0.6) is 0 Å². The lowest BCUT2D eigenvalue weighted by molar-refractivity contribution is -0.143. The molecule has 0 aromatic heterocycles. The van der Waals surface area contributed by atoms with E-state index >= 15 is 0 Å². The summed E-state index contributed by atoms with van der Waals surface area (Å²) in [7, 11) is -4.07. The lowest BCUT2D eigenvalue weighted by Crippen LogP contribution is -2.59. The van der Waals surface area contributed by atoms with Gasteiger partial charge in [-0.25, -0.2) is 13.2 Å². The van der Waals surface area contributed by atoms with Gasteiger partial charge in [-0.15, -0.1) is 0 Å². The number of carboxylic acid groups (broad SMARTS) is 1. The Hall–Kier alpha value is -2.91. The van der Waals surface area contributed by atoms with E-state index < -0.39 is 33.7 Å². The van der Waals surface area contributed by atoms with Crippen LogP contribution in [0.3, 0.4) is 0 Å². The molecule has 0 radical (unpaired) electrons. The smallest absolute Gasteiger partial charge is 0.410 e. The number of piperazine rings is 1. The average molecular weight is 447 g/mol. The third-order valence-electron chi connectivity index (χ3n) is 4.84. The number of nitrogens with zero attached hydrogens (tertiary/aromatic N) is 2. The number of sulfonamides is 1. The van der Waals surface area contributed by atoms with Crippen LogP contribution in [0, 0.1) is 0 Å². The normalized spacial score (nSPS) is 17.9. The first kappa shape index (κ1) is 22.8. The van der Waals surface area contributed by atoms with Crippen LogP contribution < -0.4 is 0 Å². The minimum Gasteiger partial charge on any atom is -0.480 e. The number of carbonyl (C=O) groups is 2. The first-order valence-electron chi connectivity index (χ1n) is 9.87. The summed E-state index contributed by atoms with van der Waals surface area (Å²) in [5.74, 6) is -1.32. The highest BCUT2D eigenvalue weighted by molar-refractivity contribution is 7.89. The van der Waals surface area contributed by atoms with Crippen molar-refractivity contribution in [2.45, 2.75) is 37.3 Å². The van der Waals surface area contributed by atoms with Crippen LogP contribution in [-0.2, 0) is 19.6 Å². The zero-order chi connectivity index (χ0) is 22.8. The van der Waals surface area contributed by atoms with Crippen LogP contribution in [0.4, 0.5) is 4.79 Å². The molecule has 2 aromatic carbocycles. The van der Waals surface area contributed by atoms with E-state index in [9.17, 15) is 23.1 Å². The highest BCUT2D eigenvalue weighted by atomic mass is 32.2. The molecule has 0 saturated carbocycles. The summed E-state index contributed by atoms with van der Waals surface area (Å²) in [6.07, 6.45) is -0.664. The number of amides is 1. The zero-order valence-electron chi connectivity index (χ0n) is 17.7. The van der Waals surface area contributed by atoms with Gasteiger partial charge < -0.3 is 14.7 Å². The van der Waals surface area contributed by atoms with Gasteiger partial charge >= 0.3 is 12.1 Å². The van der Waals surface area contributed by atoms with Crippen LogP contribution in [0.2, 0.25) is 0 Å². The van der Waals surface area contributed by atoms with E-state index in [2.05, 4.69) is 0 Å². The molecule has 31 heavy (non-hydrogen) atoms. The fourth-order valence-electron chi connectivity index (χ4n) is 3.33. The predicted octanol–water partition coefficient (Wildman–Crippen LogP) is 3.05. The van der Waals surface area contributed by atoms with Crippen LogP contribution in [0.15, 0.2) is 59.5 Å². The van der Waals surface area contributed by atoms with Crippen molar-refractivity contribution in [1.82, 2.24) is 9.21 Å². The Kier molecular flexibility index (Phi) is 6.38. The number of hydrogen-bond donors (Lipinski definition) is 1. The van der Waals surface area contributed by atoms with Gasteiger partial charge in [0.15, 0.2) is 0 Å². The molecule has 1 heterocycles. The molecule has 166 valence electrons. The molecule has 8 nitrogen and oxygen atoms in total. The summed E-state index contributed by atoms with van der Waals surface area (Å²) in [5, 5.41) is 9.66. The molecule has 0 unspecified atom stereocenters. The summed E-state index contributed by atoms with van der Waals surface area (Å²) < 4.78 is 32.6. The predicted molar refractivity (Wildman–Crippen MR) is 115 cm³/mol. The molecule has 1 amide bonds. The van der Waals surface area contributed by atoms with Gasteiger partial charge in [0.05, 0.1) is 11.4 Å². The number of ether oxygens (including phenoxy) is 1. The first-order valence-corrected chi connectivity index (χ1v) is 11.3.